The van der Waals surface area contributed by atoms with Crippen molar-refractivity contribution in [1.82, 2.24) is 0 Å². The molecule has 0 heterocycles. The van der Waals surface area contributed by atoms with Crippen molar-refractivity contribution < 1.29 is 18.7 Å². The zero-order valence-electron chi connectivity index (χ0n) is 11.0. The van der Waals surface area contributed by atoms with Gasteiger partial charge in [-0.25, -0.2) is 4.39 Å². The summed E-state index contributed by atoms with van der Waals surface area (Å²) < 4.78 is 23.8. The minimum atomic E-state index is -0.441. The molecule has 0 aliphatic rings. The predicted octanol–water partition coefficient (Wildman–Crippen LogP) is 3.08. The molecule has 3 nitrogen and oxygen atoms in total. The van der Waals surface area contributed by atoms with E-state index in [9.17, 15) is 9.18 Å². The zero-order valence-corrected chi connectivity index (χ0v) is 11.0. The molecule has 0 aliphatic carbocycles. The van der Waals surface area contributed by atoms with Gasteiger partial charge in [0.15, 0.2) is 5.78 Å². The Morgan fingerprint density at radius 3 is 2.67 bits per heavy atom. The number of hydrogen-bond donors (Lipinski definition) is 0. The maximum atomic E-state index is 13.0. The van der Waals surface area contributed by atoms with Crippen molar-refractivity contribution in [3.05, 3.63) is 29.6 Å². The highest BCUT2D eigenvalue weighted by molar-refractivity contribution is 5.96. The Hall–Kier alpha value is -1.42. The zero-order chi connectivity index (χ0) is 13.5. The van der Waals surface area contributed by atoms with Crippen LogP contribution >= 0.6 is 0 Å². The van der Waals surface area contributed by atoms with Gasteiger partial charge in [0, 0.05) is 6.61 Å². The Kier molecular flexibility index (Phi) is 5.78. The Morgan fingerprint density at radius 2 is 2.06 bits per heavy atom. The molecule has 100 valence electrons. The first-order chi connectivity index (χ1) is 8.50. The van der Waals surface area contributed by atoms with Crippen molar-refractivity contribution in [2.24, 2.45) is 5.92 Å². The normalized spacial score (nSPS) is 10.7. The summed E-state index contributed by atoms with van der Waals surface area (Å²) in [6.45, 7) is 6.98. The Labute approximate surface area is 107 Å². The van der Waals surface area contributed by atoms with E-state index >= 15 is 0 Å². The van der Waals surface area contributed by atoms with Crippen molar-refractivity contribution >= 4 is 5.78 Å². The van der Waals surface area contributed by atoms with Crippen LogP contribution in [-0.4, -0.2) is 25.6 Å². The number of halogens is 1. The monoisotopic (exact) mass is 254 g/mol. The van der Waals surface area contributed by atoms with Crippen molar-refractivity contribution in [2.45, 2.75) is 20.8 Å². The van der Waals surface area contributed by atoms with Crippen LogP contribution in [-0.2, 0) is 4.74 Å². The fraction of sp³-hybridized carbons (Fsp3) is 0.500. The van der Waals surface area contributed by atoms with Gasteiger partial charge in [0.05, 0.1) is 12.2 Å². The van der Waals surface area contributed by atoms with Crippen LogP contribution in [0.5, 0.6) is 5.75 Å². The molecular weight excluding hydrogens is 235 g/mol. The third-order valence-corrected chi connectivity index (χ3v) is 2.26. The number of carbonyl (C=O) groups is 1. The molecule has 4 heteroatoms. The largest absolute Gasteiger partial charge is 0.490 e. The quantitative estimate of drug-likeness (QED) is 0.554. The summed E-state index contributed by atoms with van der Waals surface area (Å²) in [5, 5.41) is 0. The van der Waals surface area contributed by atoms with E-state index in [0.29, 0.717) is 31.5 Å². The van der Waals surface area contributed by atoms with Crippen LogP contribution in [0.15, 0.2) is 18.2 Å². The fourth-order valence-corrected chi connectivity index (χ4v) is 1.43. The SMILES string of the molecule is CC(=O)c1cc(F)ccc1OCCOCC(C)C. The molecule has 0 unspecified atom stereocenters. The van der Waals surface area contributed by atoms with Crippen LogP contribution in [0.4, 0.5) is 4.39 Å². The van der Waals surface area contributed by atoms with E-state index in [1.807, 2.05) is 0 Å². The van der Waals surface area contributed by atoms with Crippen LogP contribution in [0.3, 0.4) is 0 Å². The van der Waals surface area contributed by atoms with Gasteiger partial charge in [0.25, 0.3) is 0 Å². The lowest BCUT2D eigenvalue weighted by molar-refractivity contribution is 0.0810. The summed E-state index contributed by atoms with van der Waals surface area (Å²) in [5.74, 6) is 0.219. The average molecular weight is 254 g/mol. The van der Waals surface area contributed by atoms with E-state index in [-0.39, 0.29) is 11.3 Å². The molecule has 0 spiro atoms. The van der Waals surface area contributed by atoms with Gasteiger partial charge in [-0.05, 0) is 31.0 Å². The fourth-order valence-electron chi connectivity index (χ4n) is 1.43. The molecule has 0 aromatic heterocycles. The second-order valence-corrected chi connectivity index (χ2v) is 4.51. The van der Waals surface area contributed by atoms with E-state index in [4.69, 9.17) is 9.47 Å². The van der Waals surface area contributed by atoms with Crippen molar-refractivity contribution in [3.8, 4) is 5.75 Å². The molecule has 0 aliphatic heterocycles. The highest BCUT2D eigenvalue weighted by atomic mass is 19.1. The molecule has 0 amide bonds. The average Bonchev–Trinajstić information content (AvgIpc) is 2.29. The van der Waals surface area contributed by atoms with Gasteiger partial charge in [-0.1, -0.05) is 13.8 Å². The van der Waals surface area contributed by atoms with Crippen LogP contribution in [0, 0.1) is 11.7 Å². The lowest BCUT2D eigenvalue weighted by Gasteiger charge is -2.11. The molecule has 0 bridgehead atoms. The molecule has 0 saturated carbocycles. The molecule has 1 aromatic rings. The molecule has 18 heavy (non-hydrogen) atoms. The van der Waals surface area contributed by atoms with E-state index in [2.05, 4.69) is 13.8 Å². The Morgan fingerprint density at radius 1 is 1.33 bits per heavy atom. The third-order valence-electron chi connectivity index (χ3n) is 2.26. The van der Waals surface area contributed by atoms with Crippen LogP contribution in [0.2, 0.25) is 0 Å². The summed E-state index contributed by atoms with van der Waals surface area (Å²) >= 11 is 0. The van der Waals surface area contributed by atoms with Gasteiger partial charge < -0.3 is 9.47 Å². The lowest BCUT2D eigenvalue weighted by atomic mass is 10.1. The number of ketones is 1. The van der Waals surface area contributed by atoms with Crippen molar-refractivity contribution in [2.75, 3.05) is 19.8 Å². The number of rotatable bonds is 7. The van der Waals surface area contributed by atoms with Crippen LogP contribution in [0.25, 0.3) is 0 Å². The number of Topliss-reactive ketones (excluding diaryl/α,β-unsaturated/α-hetero) is 1. The maximum absolute atomic E-state index is 13.0. The van der Waals surface area contributed by atoms with Crippen LogP contribution in [0.1, 0.15) is 31.1 Å². The first-order valence-corrected chi connectivity index (χ1v) is 6.01. The second kappa shape index (κ2) is 7.11. The predicted molar refractivity (Wildman–Crippen MR) is 67.6 cm³/mol. The summed E-state index contributed by atoms with van der Waals surface area (Å²) in [6.07, 6.45) is 0. The first kappa shape index (κ1) is 14.6. The van der Waals surface area contributed by atoms with E-state index in [1.165, 1.54) is 25.1 Å². The Bertz CT molecular complexity index is 402. The van der Waals surface area contributed by atoms with Gasteiger partial charge in [-0.15, -0.1) is 0 Å². The molecule has 0 N–H and O–H groups in total. The molecule has 0 radical (unpaired) electrons. The lowest BCUT2D eigenvalue weighted by Crippen LogP contribution is -2.11. The highest BCUT2D eigenvalue weighted by Gasteiger charge is 2.09. The summed E-state index contributed by atoms with van der Waals surface area (Å²) in [7, 11) is 0. The van der Waals surface area contributed by atoms with Gasteiger partial charge in [0.1, 0.15) is 18.2 Å². The number of carbonyl (C=O) groups excluding carboxylic acids is 1. The number of ether oxygens (including phenoxy) is 2. The second-order valence-electron chi connectivity index (χ2n) is 4.51. The molecule has 0 fully saturated rings. The third kappa shape index (κ3) is 4.84. The van der Waals surface area contributed by atoms with E-state index < -0.39 is 5.82 Å². The first-order valence-electron chi connectivity index (χ1n) is 6.01. The number of hydrogen-bond acceptors (Lipinski definition) is 3. The van der Waals surface area contributed by atoms with E-state index in [0.717, 1.165) is 0 Å². The molecule has 0 saturated heterocycles. The summed E-state index contributed by atoms with van der Waals surface area (Å²) in [6, 6.07) is 3.93. The minimum absolute atomic E-state index is 0.215. The van der Waals surface area contributed by atoms with Crippen molar-refractivity contribution in [3.63, 3.8) is 0 Å². The number of benzene rings is 1. The topological polar surface area (TPSA) is 35.5 Å². The molecular formula is C14H19FO3. The molecule has 1 rings (SSSR count). The highest BCUT2D eigenvalue weighted by Crippen LogP contribution is 2.20. The smallest absolute Gasteiger partial charge is 0.163 e. The standard InChI is InChI=1S/C14H19FO3/c1-10(2)9-17-6-7-18-14-5-4-12(15)8-13(14)11(3)16/h4-5,8,10H,6-7,9H2,1-3H3. The summed E-state index contributed by atoms with van der Waals surface area (Å²) in [5.41, 5.74) is 0.263. The van der Waals surface area contributed by atoms with Crippen molar-refractivity contribution in [1.29, 1.82) is 0 Å². The van der Waals surface area contributed by atoms with Gasteiger partial charge in [-0.2, -0.15) is 0 Å². The summed E-state index contributed by atoms with van der Waals surface area (Å²) in [4.78, 5) is 11.3. The Balaban J connectivity index is 2.49. The van der Waals surface area contributed by atoms with Crippen LogP contribution < -0.4 is 4.74 Å². The van der Waals surface area contributed by atoms with Gasteiger partial charge >= 0.3 is 0 Å². The molecule has 0 atom stereocenters. The minimum Gasteiger partial charge on any atom is -0.490 e. The van der Waals surface area contributed by atoms with E-state index in [1.54, 1.807) is 0 Å². The van der Waals surface area contributed by atoms with Gasteiger partial charge in [-0.3, -0.25) is 4.79 Å². The molecule has 1 aromatic carbocycles. The maximum Gasteiger partial charge on any atom is 0.163 e. The van der Waals surface area contributed by atoms with Gasteiger partial charge in [0.2, 0.25) is 0 Å².